The third-order valence-electron chi connectivity index (χ3n) is 4.57. The quantitative estimate of drug-likeness (QED) is 0.822. The molecule has 0 radical (unpaired) electrons. The summed E-state index contributed by atoms with van der Waals surface area (Å²) in [5.41, 5.74) is 0. The maximum Gasteiger partial charge on any atom is 0.317 e. The Balaban J connectivity index is 1.54. The number of nitrogens with zero attached hydrogens (tertiary/aromatic N) is 3. The fourth-order valence-electron chi connectivity index (χ4n) is 3.35. The summed E-state index contributed by atoms with van der Waals surface area (Å²) in [5.74, 6) is 0. The van der Waals surface area contributed by atoms with Gasteiger partial charge in [0.25, 0.3) is 0 Å². The largest absolute Gasteiger partial charge is 0.376 e. The molecule has 0 saturated carbocycles. The van der Waals surface area contributed by atoms with Gasteiger partial charge >= 0.3 is 6.03 Å². The van der Waals surface area contributed by atoms with Crippen LogP contribution in [0.15, 0.2) is 18.5 Å². The number of ether oxygens (including phenoxy) is 2. The van der Waals surface area contributed by atoms with Gasteiger partial charge in [-0.1, -0.05) is 0 Å². The van der Waals surface area contributed by atoms with E-state index in [1.54, 1.807) is 6.20 Å². The molecule has 2 saturated heterocycles. The van der Waals surface area contributed by atoms with E-state index in [0.29, 0.717) is 19.6 Å². The van der Waals surface area contributed by atoms with Gasteiger partial charge in [-0.15, -0.1) is 0 Å². The van der Waals surface area contributed by atoms with E-state index >= 15 is 0 Å². The molecule has 2 fully saturated rings. The summed E-state index contributed by atoms with van der Waals surface area (Å²) in [6, 6.07) is 1.85. The van der Waals surface area contributed by atoms with Crippen molar-refractivity contribution in [1.82, 2.24) is 20.0 Å². The minimum absolute atomic E-state index is 0.00823. The van der Waals surface area contributed by atoms with Crippen molar-refractivity contribution >= 4 is 6.03 Å². The van der Waals surface area contributed by atoms with E-state index in [-0.39, 0.29) is 24.3 Å². The minimum atomic E-state index is -0.0411. The minimum Gasteiger partial charge on any atom is -0.376 e. The van der Waals surface area contributed by atoms with Crippen LogP contribution in [0.4, 0.5) is 4.79 Å². The Labute approximate surface area is 143 Å². The van der Waals surface area contributed by atoms with Crippen LogP contribution in [-0.2, 0) is 16.0 Å². The lowest BCUT2D eigenvalue weighted by molar-refractivity contribution is 0.0493. The summed E-state index contributed by atoms with van der Waals surface area (Å²) in [5, 5.41) is 7.27. The number of rotatable bonds is 7. The zero-order chi connectivity index (χ0) is 16.8. The average Bonchev–Trinajstić information content (AvgIpc) is 3.30. The summed E-state index contributed by atoms with van der Waals surface area (Å²) in [7, 11) is 0. The Morgan fingerprint density at radius 1 is 1.29 bits per heavy atom. The second-order valence-corrected chi connectivity index (χ2v) is 6.75. The molecular formula is C17H28N4O3. The van der Waals surface area contributed by atoms with Crippen LogP contribution < -0.4 is 5.32 Å². The van der Waals surface area contributed by atoms with E-state index < -0.39 is 0 Å². The second kappa shape index (κ2) is 8.48. The highest BCUT2D eigenvalue weighted by Crippen LogP contribution is 2.17. The first-order chi connectivity index (χ1) is 11.7. The topological polar surface area (TPSA) is 68.6 Å². The van der Waals surface area contributed by atoms with Crippen LogP contribution in [-0.4, -0.2) is 65.3 Å². The van der Waals surface area contributed by atoms with Crippen molar-refractivity contribution in [2.45, 2.75) is 57.4 Å². The van der Waals surface area contributed by atoms with Crippen LogP contribution in [0.1, 0.15) is 32.6 Å². The molecule has 0 unspecified atom stereocenters. The molecule has 134 valence electrons. The summed E-state index contributed by atoms with van der Waals surface area (Å²) in [6.45, 7) is 5.54. The summed E-state index contributed by atoms with van der Waals surface area (Å²) < 4.78 is 13.3. The number of hydrogen-bond donors (Lipinski definition) is 1. The molecule has 0 bridgehead atoms. The first-order valence-electron chi connectivity index (χ1n) is 8.97. The lowest BCUT2D eigenvalue weighted by Crippen LogP contribution is -2.50. The van der Waals surface area contributed by atoms with E-state index in [0.717, 1.165) is 38.9 Å². The molecule has 7 nitrogen and oxygen atoms in total. The normalized spacial score (nSPS) is 24.9. The highest BCUT2D eigenvalue weighted by molar-refractivity contribution is 5.74. The standard InChI is InChI=1S/C17H28N4O3/c1-14(11-21-8-4-7-18-21)19-17(22)20(12-15-5-2-9-23-15)13-16-6-3-10-24-16/h4,7-8,14-16H,2-3,5-6,9-13H2,1H3,(H,19,22)/t14-,15-,16-/m0/s1. The Bertz CT molecular complexity index is 478. The number of carbonyl (C=O) groups is 1. The van der Waals surface area contributed by atoms with E-state index in [9.17, 15) is 4.79 Å². The molecule has 3 heterocycles. The third kappa shape index (κ3) is 4.95. The van der Waals surface area contributed by atoms with Crippen LogP contribution in [0.3, 0.4) is 0 Å². The van der Waals surface area contributed by atoms with Gasteiger partial charge < -0.3 is 19.7 Å². The van der Waals surface area contributed by atoms with Crippen molar-refractivity contribution in [3.05, 3.63) is 18.5 Å². The Morgan fingerprint density at radius 3 is 2.46 bits per heavy atom. The summed E-state index contributed by atoms with van der Waals surface area (Å²) in [6.07, 6.45) is 8.16. The molecule has 1 aromatic heterocycles. The molecule has 2 amide bonds. The molecule has 2 aliphatic heterocycles. The highest BCUT2D eigenvalue weighted by Gasteiger charge is 2.27. The maximum absolute atomic E-state index is 12.7. The van der Waals surface area contributed by atoms with Crippen molar-refractivity contribution in [1.29, 1.82) is 0 Å². The smallest absolute Gasteiger partial charge is 0.317 e. The Morgan fingerprint density at radius 2 is 1.96 bits per heavy atom. The van der Waals surface area contributed by atoms with Crippen LogP contribution in [0.5, 0.6) is 0 Å². The summed E-state index contributed by atoms with van der Waals surface area (Å²) in [4.78, 5) is 14.6. The SMILES string of the molecule is C[C@@H](Cn1cccn1)NC(=O)N(C[C@@H]1CCCO1)C[C@@H]1CCCO1. The number of nitrogens with one attached hydrogen (secondary N) is 1. The van der Waals surface area contributed by atoms with Crippen molar-refractivity contribution in [3.8, 4) is 0 Å². The molecule has 0 aromatic carbocycles. The van der Waals surface area contributed by atoms with Gasteiger partial charge in [0.1, 0.15) is 0 Å². The summed E-state index contributed by atoms with van der Waals surface area (Å²) >= 11 is 0. The number of urea groups is 1. The van der Waals surface area contributed by atoms with Gasteiger partial charge in [-0.3, -0.25) is 4.68 Å². The van der Waals surface area contributed by atoms with Gasteiger partial charge in [0.15, 0.2) is 0 Å². The molecule has 3 atom stereocenters. The van der Waals surface area contributed by atoms with Gasteiger partial charge in [0, 0.05) is 44.7 Å². The average molecular weight is 336 g/mol. The molecule has 24 heavy (non-hydrogen) atoms. The van der Waals surface area contributed by atoms with Gasteiger partial charge in [-0.25, -0.2) is 4.79 Å². The molecule has 3 rings (SSSR count). The van der Waals surface area contributed by atoms with Crippen LogP contribution in [0.2, 0.25) is 0 Å². The van der Waals surface area contributed by atoms with Gasteiger partial charge in [-0.2, -0.15) is 5.10 Å². The van der Waals surface area contributed by atoms with E-state index in [1.165, 1.54) is 0 Å². The van der Waals surface area contributed by atoms with E-state index in [2.05, 4.69) is 10.4 Å². The van der Waals surface area contributed by atoms with Crippen LogP contribution in [0.25, 0.3) is 0 Å². The Kier molecular flexibility index (Phi) is 6.09. The predicted octanol–water partition coefficient (Wildman–Crippen LogP) is 1.64. The first kappa shape index (κ1) is 17.2. The van der Waals surface area contributed by atoms with Crippen LogP contribution in [0, 0.1) is 0 Å². The molecule has 2 aliphatic rings. The Hall–Kier alpha value is -1.60. The molecule has 1 N–H and O–H groups in total. The zero-order valence-corrected chi connectivity index (χ0v) is 14.4. The van der Waals surface area contributed by atoms with E-state index in [4.69, 9.17) is 9.47 Å². The monoisotopic (exact) mass is 336 g/mol. The number of aromatic nitrogens is 2. The van der Waals surface area contributed by atoms with E-state index in [1.807, 2.05) is 28.8 Å². The van der Waals surface area contributed by atoms with Gasteiger partial charge in [-0.05, 0) is 38.7 Å². The fraction of sp³-hybridized carbons (Fsp3) is 0.765. The number of amides is 2. The molecule has 0 aliphatic carbocycles. The lowest BCUT2D eigenvalue weighted by atomic mass is 10.2. The fourth-order valence-corrected chi connectivity index (χ4v) is 3.35. The highest BCUT2D eigenvalue weighted by atomic mass is 16.5. The predicted molar refractivity (Wildman–Crippen MR) is 89.7 cm³/mol. The molecule has 7 heteroatoms. The van der Waals surface area contributed by atoms with Gasteiger partial charge in [0.2, 0.25) is 0 Å². The van der Waals surface area contributed by atoms with Crippen molar-refractivity contribution in [2.24, 2.45) is 0 Å². The first-order valence-corrected chi connectivity index (χ1v) is 8.97. The van der Waals surface area contributed by atoms with Crippen molar-refractivity contribution < 1.29 is 14.3 Å². The number of hydrogen-bond acceptors (Lipinski definition) is 4. The third-order valence-corrected chi connectivity index (χ3v) is 4.57. The molecular weight excluding hydrogens is 308 g/mol. The second-order valence-electron chi connectivity index (χ2n) is 6.75. The van der Waals surface area contributed by atoms with Gasteiger partial charge in [0.05, 0.1) is 18.8 Å². The maximum atomic E-state index is 12.7. The van der Waals surface area contributed by atoms with Crippen molar-refractivity contribution in [2.75, 3.05) is 26.3 Å². The van der Waals surface area contributed by atoms with Crippen molar-refractivity contribution in [3.63, 3.8) is 0 Å². The zero-order valence-electron chi connectivity index (χ0n) is 14.4. The molecule has 0 spiro atoms. The van der Waals surface area contributed by atoms with Crippen LogP contribution >= 0.6 is 0 Å². The molecule has 1 aromatic rings. The number of carbonyl (C=O) groups excluding carboxylic acids is 1. The lowest BCUT2D eigenvalue weighted by Gasteiger charge is -2.29.